The number of aromatic hydroxyl groups is 1. The quantitative estimate of drug-likeness (QED) is 0.671. The van der Waals surface area contributed by atoms with Gasteiger partial charge in [0.05, 0.1) is 13.7 Å². The topological polar surface area (TPSA) is 68.7 Å². The van der Waals surface area contributed by atoms with Crippen molar-refractivity contribution in [3.8, 4) is 11.6 Å². The molecule has 2 aromatic rings. The maximum absolute atomic E-state index is 12.0. The third kappa shape index (κ3) is 2.66. The number of aromatic nitrogens is 1. The number of methoxy groups -OCH3 is 1. The van der Waals surface area contributed by atoms with Gasteiger partial charge in [0.15, 0.2) is 11.4 Å². The maximum Gasteiger partial charge on any atom is 0.360 e. The summed E-state index contributed by atoms with van der Waals surface area (Å²) in [5, 5.41) is 11.3. The summed E-state index contributed by atoms with van der Waals surface area (Å²) in [4.78, 5) is 16.0. The molecule has 20 heavy (non-hydrogen) atoms. The molecule has 0 radical (unpaired) electrons. The smallest absolute Gasteiger partial charge is 0.360 e. The van der Waals surface area contributed by atoms with E-state index in [2.05, 4.69) is 4.98 Å². The standard InChI is InChI=1S/C15H17NO4/c1-3-4-9-20-15(18)12-13(17)10-7-5-6-8-11(10)14(16-12)19-2/h5-8,17H,3-4,9H2,1-2H3. The highest BCUT2D eigenvalue weighted by molar-refractivity contribution is 6.01. The van der Waals surface area contributed by atoms with Crippen molar-refractivity contribution in [1.82, 2.24) is 4.98 Å². The van der Waals surface area contributed by atoms with E-state index in [1.165, 1.54) is 7.11 Å². The van der Waals surface area contributed by atoms with Crippen LogP contribution in [0.25, 0.3) is 10.8 Å². The number of hydrogen-bond acceptors (Lipinski definition) is 5. The summed E-state index contributed by atoms with van der Waals surface area (Å²) in [6.07, 6.45) is 1.70. The molecule has 0 aliphatic heterocycles. The average Bonchev–Trinajstić information content (AvgIpc) is 2.48. The van der Waals surface area contributed by atoms with Gasteiger partial charge in [-0.05, 0) is 12.5 Å². The number of ether oxygens (including phenoxy) is 2. The third-order valence-electron chi connectivity index (χ3n) is 2.97. The number of benzene rings is 1. The zero-order valence-corrected chi connectivity index (χ0v) is 11.5. The molecule has 0 aliphatic rings. The van der Waals surface area contributed by atoms with E-state index in [1.54, 1.807) is 18.2 Å². The highest BCUT2D eigenvalue weighted by atomic mass is 16.5. The van der Waals surface area contributed by atoms with E-state index in [0.717, 1.165) is 12.8 Å². The van der Waals surface area contributed by atoms with Crippen LogP contribution in [0.1, 0.15) is 30.3 Å². The van der Waals surface area contributed by atoms with Crippen LogP contribution in [-0.4, -0.2) is 29.8 Å². The summed E-state index contributed by atoms with van der Waals surface area (Å²) >= 11 is 0. The molecule has 0 amide bonds. The summed E-state index contributed by atoms with van der Waals surface area (Å²) in [5.41, 5.74) is -0.114. The molecule has 0 unspecified atom stereocenters. The molecule has 106 valence electrons. The first kappa shape index (κ1) is 14.1. The molecule has 0 spiro atoms. The summed E-state index contributed by atoms with van der Waals surface area (Å²) in [6, 6.07) is 7.06. The minimum absolute atomic E-state index is 0.114. The fraction of sp³-hybridized carbons (Fsp3) is 0.333. The Morgan fingerprint density at radius 3 is 2.65 bits per heavy atom. The highest BCUT2D eigenvalue weighted by Crippen LogP contribution is 2.33. The summed E-state index contributed by atoms with van der Waals surface area (Å²) in [6.45, 7) is 2.31. The summed E-state index contributed by atoms with van der Waals surface area (Å²) in [5.74, 6) is -0.524. The van der Waals surface area contributed by atoms with E-state index in [0.29, 0.717) is 23.3 Å². The van der Waals surface area contributed by atoms with E-state index < -0.39 is 5.97 Å². The van der Waals surface area contributed by atoms with Crippen LogP contribution in [0.15, 0.2) is 24.3 Å². The van der Waals surface area contributed by atoms with E-state index in [4.69, 9.17) is 9.47 Å². The lowest BCUT2D eigenvalue weighted by atomic mass is 10.1. The molecule has 2 rings (SSSR count). The van der Waals surface area contributed by atoms with E-state index in [9.17, 15) is 9.90 Å². The zero-order valence-electron chi connectivity index (χ0n) is 11.5. The molecule has 0 bridgehead atoms. The third-order valence-corrected chi connectivity index (χ3v) is 2.97. The Labute approximate surface area is 117 Å². The zero-order chi connectivity index (χ0) is 14.5. The second kappa shape index (κ2) is 6.23. The monoisotopic (exact) mass is 275 g/mol. The average molecular weight is 275 g/mol. The van der Waals surface area contributed by atoms with Crippen molar-refractivity contribution in [2.24, 2.45) is 0 Å². The molecule has 1 N–H and O–H groups in total. The SMILES string of the molecule is CCCCOC(=O)c1nc(OC)c2ccccc2c1O. The number of esters is 1. The van der Waals surface area contributed by atoms with Crippen LogP contribution in [0.4, 0.5) is 0 Å². The number of carbonyl (C=O) groups is 1. The summed E-state index contributed by atoms with van der Waals surface area (Å²) in [7, 11) is 1.47. The van der Waals surface area contributed by atoms with Crippen LogP contribution in [0, 0.1) is 0 Å². The maximum atomic E-state index is 12.0. The predicted molar refractivity (Wildman–Crippen MR) is 75.2 cm³/mol. The van der Waals surface area contributed by atoms with Gasteiger partial charge < -0.3 is 14.6 Å². The first-order valence-corrected chi connectivity index (χ1v) is 6.51. The molecule has 1 heterocycles. The van der Waals surface area contributed by atoms with Crippen molar-refractivity contribution in [2.75, 3.05) is 13.7 Å². The van der Waals surface area contributed by atoms with Gasteiger partial charge in [-0.25, -0.2) is 9.78 Å². The van der Waals surface area contributed by atoms with Crippen molar-refractivity contribution in [3.05, 3.63) is 30.0 Å². The first-order valence-electron chi connectivity index (χ1n) is 6.51. The van der Waals surface area contributed by atoms with E-state index in [-0.39, 0.29) is 11.4 Å². The summed E-state index contributed by atoms with van der Waals surface area (Å²) < 4.78 is 10.2. The molecule has 5 heteroatoms. The van der Waals surface area contributed by atoms with Crippen LogP contribution in [0.5, 0.6) is 11.6 Å². The van der Waals surface area contributed by atoms with Crippen LogP contribution in [-0.2, 0) is 4.74 Å². The Hall–Kier alpha value is -2.30. The highest BCUT2D eigenvalue weighted by Gasteiger charge is 2.20. The van der Waals surface area contributed by atoms with Crippen LogP contribution in [0.3, 0.4) is 0 Å². The Morgan fingerprint density at radius 2 is 2.00 bits per heavy atom. The second-order valence-electron chi connectivity index (χ2n) is 4.35. The number of hydrogen-bond donors (Lipinski definition) is 1. The largest absolute Gasteiger partial charge is 0.505 e. The lowest BCUT2D eigenvalue weighted by Crippen LogP contribution is -2.10. The minimum atomic E-state index is -0.639. The van der Waals surface area contributed by atoms with Crippen LogP contribution in [0.2, 0.25) is 0 Å². The lowest BCUT2D eigenvalue weighted by molar-refractivity contribution is 0.0488. The van der Waals surface area contributed by atoms with Gasteiger partial charge in [-0.3, -0.25) is 0 Å². The molecule has 0 fully saturated rings. The van der Waals surface area contributed by atoms with E-state index in [1.807, 2.05) is 13.0 Å². The van der Waals surface area contributed by atoms with Crippen molar-refractivity contribution in [3.63, 3.8) is 0 Å². The van der Waals surface area contributed by atoms with Gasteiger partial charge in [-0.15, -0.1) is 0 Å². The number of rotatable bonds is 5. The van der Waals surface area contributed by atoms with Gasteiger partial charge in [0.2, 0.25) is 5.88 Å². The van der Waals surface area contributed by atoms with Gasteiger partial charge in [0.1, 0.15) is 0 Å². The molecular formula is C15H17NO4. The molecule has 0 aliphatic carbocycles. The van der Waals surface area contributed by atoms with Crippen molar-refractivity contribution >= 4 is 16.7 Å². The lowest BCUT2D eigenvalue weighted by Gasteiger charge is -2.10. The van der Waals surface area contributed by atoms with Gasteiger partial charge in [-0.1, -0.05) is 31.5 Å². The molecule has 0 saturated carbocycles. The van der Waals surface area contributed by atoms with Gasteiger partial charge >= 0.3 is 5.97 Å². The minimum Gasteiger partial charge on any atom is -0.505 e. The number of nitrogens with zero attached hydrogens (tertiary/aromatic N) is 1. The van der Waals surface area contributed by atoms with E-state index >= 15 is 0 Å². The number of pyridine rings is 1. The van der Waals surface area contributed by atoms with Crippen molar-refractivity contribution < 1.29 is 19.4 Å². The Bertz CT molecular complexity index is 625. The van der Waals surface area contributed by atoms with Crippen molar-refractivity contribution in [2.45, 2.75) is 19.8 Å². The second-order valence-corrected chi connectivity index (χ2v) is 4.35. The normalized spacial score (nSPS) is 10.5. The van der Waals surface area contributed by atoms with Gasteiger partial charge in [0.25, 0.3) is 0 Å². The van der Waals surface area contributed by atoms with Crippen LogP contribution >= 0.6 is 0 Å². The Balaban J connectivity index is 2.43. The van der Waals surface area contributed by atoms with Gasteiger partial charge in [0, 0.05) is 10.8 Å². The molecule has 1 aromatic carbocycles. The first-order chi connectivity index (χ1) is 9.69. The number of carbonyl (C=O) groups excluding carboxylic acids is 1. The van der Waals surface area contributed by atoms with Gasteiger partial charge in [-0.2, -0.15) is 0 Å². The number of fused-ring (bicyclic) bond motifs is 1. The molecule has 0 atom stereocenters. The molecular weight excluding hydrogens is 258 g/mol. The van der Waals surface area contributed by atoms with Crippen molar-refractivity contribution in [1.29, 1.82) is 0 Å². The Kier molecular flexibility index (Phi) is 4.40. The number of unbranched alkanes of at least 4 members (excludes halogenated alkanes) is 1. The molecule has 1 aromatic heterocycles. The fourth-order valence-electron chi connectivity index (χ4n) is 1.89. The fourth-order valence-corrected chi connectivity index (χ4v) is 1.89. The molecule has 5 nitrogen and oxygen atoms in total. The predicted octanol–water partition coefficient (Wildman–Crippen LogP) is 2.91. The van der Waals surface area contributed by atoms with Crippen LogP contribution < -0.4 is 4.74 Å². The molecule has 0 saturated heterocycles. The Morgan fingerprint density at radius 1 is 1.30 bits per heavy atom.